The van der Waals surface area contributed by atoms with Crippen molar-refractivity contribution in [3.05, 3.63) is 29.8 Å². The Bertz CT molecular complexity index is 635. The first-order valence-electron chi connectivity index (χ1n) is 10.4. The first-order chi connectivity index (χ1) is 13.6. The summed E-state index contributed by atoms with van der Waals surface area (Å²) in [6.45, 7) is 5.40. The number of piperidine rings is 1. The maximum Gasteiger partial charge on any atom is 0.251 e. The molecule has 29 heavy (non-hydrogen) atoms. The molecule has 1 aliphatic carbocycles. The minimum atomic E-state index is -2.26. The summed E-state index contributed by atoms with van der Waals surface area (Å²) in [5, 5.41) is 6.75. The Labute approximate surface area is 189 Å². The third-order valence-electron chi connectivity index (χ3n) is 5.22. The van der Waals surface area contributed by atoms with E-state index in [2.05, 4.69) is 16.7 Å². The van der Waals surface area contributed by atoms with E-state index in [4.69, 9.17) is 9.73 Å². The number of rotatable bonds is 9. The quantitative estimate of drug-likeness (QED) is 0.294. The Balaban J connectivity index is 0.00000300. The van der Waals surface area contributed by atoms with E-state index < -0.39 is 6.43 Å². The molecule has 2 aliphatic rings. The summed E-state index contributed by atoms with van der Waals surface area (Å²) in [7, 11) is 0. The summed E-state index contributed by atoms with van der Waals surface area (Å²) < 4.78 is 31.0. The van der Waals surface area contributed by atoms with Crippen LogP contribution < -0.4 is 15.4 Å². The van der Waals surface area contributed by atoms with Crippen molar-refractivity contribution in [3.8, 4) is 5.75 Å². The molecule has 164 valence electrons. The molecule has 0 radical (unpaired) electrons. The second-order valence-corrected chi connectivity index (χ2v) is 7.67. The fraction of sp³-hybridized carbons (Fsp3) is 0.667. The maximum absolute atomic E-state index is 12.5. The Kier molecular flexibility index (Phi) is 10.4. The third kappa shape index (κ3) is 8.62. The molecule has 3 rings (SSSR count). The molecule has 1 saturated heterocycles. The lowest BCUT2D eigenvalue weighted by Gasteiger charge is -2.32. The van der Waals surface area contributed by atoms with E-state index in [9.17, 15) is 8.78 Å². The monoisotopic (exact) mass is 522 g/mol. The predicted octanol–water partition coefficient (Wildman–Crippen LogP) is 3.88. The van der Waals surface area contributed by atoms with Gasteiger partial charge in [-0.2, -0.15) is 0 Å². The zero-order valence-electron chi connectivity index (χ0n) is 17.1. The number of halogens is 3. The molecular weight excluding hydrogens is 489 g/mol. The van der Waals surface area contributed by atoms with Gasteiger partial charge in [-0.25, -0.2) is 13.8 Å². The number of hydrogen-bond donors (Lipinski definition) is 2. The highest BCUT2D eigenvalue weighted by atomic mass is 127. The molecule has 0 aromatic heterocycles. The molecule has 1 aromatic rings. The number of hydrogen-bond acceptors (Lipinski definition) is 3. The van der Waals surface area contributed by atoms with Crippen LogP contribution >= 0.6 is 24.0 Å². The highest BCUT2D eigenvalue weighted by Gasteiger charge is 2.23. The fourth-order valence-corrected chi connectivity index (χ4v) is 3.40. The zero-order valence-corrected chi connectivity index (χ0v) is 19.4. The molecule has 1 heterocycles. The zero-order chi connectivity index (χ0) is 19.8. The number of benzene rings is 1. The molecule has 1 aromatic carbocycles. The topological polar surface area (TPSA) is 48.9 Å². The van der Waals surface area contributed by atoms with Gasteiger partial charge in [0.25, 0.3) is 6.43 Å². The molecular formula is C21H33F2IN4O. The van der Waals surface area contributed by atoms with Crippen molar-refractivity contribution in [2.75, 3.05) is 32.8 Å². The lowest BCUT2D eigenvalue weighted by molar-refractivity contribution is 0.0744. The number of para-hydroxylation sites is 1. The molecule has 2 N–H and O–H groups in total. The largest absolute Gasteiger partial charge is 0.493 e. The number of nitrogens with one attached hydrogen (secondary N) is 2. The molecule has 0 amide bonds. The minimum absolute atomic E-state index is 0. The van der Waals surface area contributed by atoms with Gasteiger partial charge < -0.3 is 15.4 Å². The summed E-state index contributed by atoms with van der Waals surface area (Å²) in [4.78, 5) is 6.56. The Morgan fingerprint density at radius 1 is 1.21 bits per heavy atom. The van der Waals surface area contributed by atoms with Crippen LogP contribution in [0.1, 0.15) is 38.2 Å². The number of alkyl halides is 2. The van der Waals surface area contributed by atoms with Crippen molar-refractivity contribution < 1.29 is 13.5 Å². The van der Waals surface area contributed by atoms with Crippen LogP contribution in [0.25, 0.3) is 0 Å². The number of ether oxygens (including phenoxy) is 1. The van der Waals surface area contributed by atoms with E-state index in [1.54, 1.807) is 0 Å². The van der Waals surface area contributed by atoms with Gasteiger partial charge in [-0.3, -0.25) is 4.90 Å². The van der Waals surface area contributed by atoms with E-state index in [1.165, 1.54) is 12.8 Å². The third-order valence-corrected chi connectivity index (χ3v) is 5.22. The SMILES string of the molecule is CCNC(=NCc1ccccc1OCC1CC1)NC1CCN(CC(F)F)CC1.I. The van der Waals surface area contributed by atoms with E-state index >= 15 is 0 Å². The average molecular weight is 522 g/mol. The number of likely N-dealkylation sites (tertiary alicyclic amines) is 1. The van der Waals surface area contributed by atoms with Gasteiger partial charge in [0.05, 0.1) is 19.7 Å². The van der Waals surface area contributed by atoms with Crippen LogP contribution in [0.5, 0.6) is 5.75 Å². The van der Waals surface area contributed by atoms with Gasteiger partial charge in [-0.05, 0) is 44.6 Å². The Morgan fingerprint density at radius 3 is 2.59 bits per heavy atom. The van der Waals surface area contributed by atoms with Crippen molar-refractivity contribution in [1.82, 2.24) is 15.5 Å². The van der Waals surface area contributed by atoms with Crippen molar-refractivity contribution in [1.29, 1.82) is 0 Å². The Hall–Kier alpha value is -1.16. The molecule has 1 saturated carbocycles. The molecule has 0 atom stereocenters. The number of guanidine groups is 1. The van der Waals surface area contributed by atoms with Crippen LogP contribution in [-0.4, -0.2) is 56.1 Å². The van der Waals surface area contributed by atoms with Crippen LogP contribution in [0.3, 0.4) is 0 Å². The van der Waals surface area contributed by atoms with Crippen LogP contribution in [-0.2, 0) is 6.54 Å². The molecule has 2 fully saturated rings. The summed E-state index contributed by atoms with van der Waals surface area (Å²) in [5.41, 5.74) is 1.08. The van der Waals surface area contributed by atoms with Crippen molar-refractivity contribution >= 4 is 29.9 Å². The van der Waals surface area contributed by atoms with Gasteiger partial charge in [-0.15, -0.1) is 24.0 Å². The lowest BCUT2D eigenvalue weighted by atomic mass is 10.1. The molecule has 5 nitrogen and oxygen atoms in total. The minimum Gasteiger partial charge on any atom is -0.493 e. The molecule has 8 heteroatoms. The van der Waals surface area contributed by atoms with Gasteiger partial charge in [0.2, 0.25) is 0 Å². The molecule has 1 aliphatic heterocycles. The summed E-state index contributed by atoms with van der Waals surface area (Å²) in [6.07, 6.45) is 1.97. The van der Waals surface area contributed by atoms with Crippen molar-refractivity contribution in [2.45, 2.75) is 51.6 Å². The second-order valence-electron chi connectivity index (χ2n) is 7.67. The normalized spacial score (nSPS) is 18.4. The van der Waals surface area contributed by atoms with Crippen LogP contribution in [0.15, 0.2) is 29.3 Å². The Morgan fingerprint density at radius 2 is 1.93 bits per heavy atom. The standard InChI is InChI=1S/C21H32F2N4O.HI/c1-2-24-21(26-18-9-11-27(12-10-18)14-20(22)23)25-13-17-5-3-4-6-19(17)28-15-16-7-8-16;/h3-6,16,18,20H,2,7-15H2,1H3,(H2,24,25,26);1H. The summed E-state index contributed by atoms with van der Waals surface area (Å²) in [5.74, 6) is 2.40. The highest BCUT2D eigenvalue weighted by Crippen LogP contribution is 2.30. The summed E-state index contributed by atoms with van der Waals surface area (Å²) >= 11 is 0. The smallest absolute Gasteiger partial charge is 0.251 e. The van der Waals surface area contributed by atoms with Crippen molar-refractivity contribution in [2.24, 2.45) is 10.9 Å². The maximum atomic E-state index is 12.5. The van der Waals surface area contributed by atoms with Crippen LogP contribution in [0.2, 0.25) is 0 Å². The number of aliphatic imine (C=N–C) groups is 1. The average Bonchev–Trinajstić information content (AvgIpc) is 3.51. The van der Waals surface area contributed by atoms with E-state index in [0.717, 1.165) is 43.3 Å². The van der Waals surface area contributed by atoms with Gasteiger partial charge in [0.1, 0.15) is 5.75 Å². The van der Waals surface area contributed by atoms with Gasteiger partial charge in [0, 0.05) is 31.2 Å². The molecule has 0 bridgehead atoms. The van der Waals surface area contributed by atoms with Crippen molar-refractivity contribution in [3.63, 3.8) is 0 Å². The highest BCUT2D eigenvalue weighted by molar-refractivity contribution is 14.0. The van der Waals surface area contributed by atoms with Gasteiger partial charge >= 0.3 is 0 Å². The first kappa shape index (κ1) is 24.1. The lowest BCUT2D eigenvalue weighted by Crippen LogP contribution is -2.49. The van der Waals surface area contributed by atoms with E-state index in [-0.39, 0.29) is 36.6 Å². The molecule has 0 spiro atoms. The van der Waals surface area contributed by atoms with Gasteiger partial charge in [-0.1, -0.05) is 18.2 Å². The molecule has 0 unspecified atom stereocenters. The predicted molar refractivity (Wildman–Crippen MR) is 123 cm³/mol. The van der Waals surface area contributed by atoms with Gasteiger partial charge in [0.15, 0.2) is 5.96 Å². The van der Waals surface area contributed by atoms with E-state index in [0.29, 0.717) is 25.6 Å². The van der Waals surface area contributed by atoms with E-state index in [1.807, 2.05) is 30.0 Å². The second kappa shape index (κ2) is 12.5. The van der Waals surface area contributed by atoms with Crippen LogP contribution in [0.4, 0.5) is 8.78 Å². The summed E-state index contributed by atoms with van der Waals surface area (Å²) in [6, 6.07) is 8.32. The van der Waals surface area contributed by atoms with Crippen LogP contribution in [0, 0.1) is 5.92 Å². The first-order valence-corrected chi connectivity index (χ1v) is 10.4. The fourth-order valence-electron chi connectivity index (χ4n) is 3.40. The number of nitrogens with zero attached hydrogens (tertiary/aromatic N) is 2.